The number of carbonyl (C=O) groups excluding carboxylic acids is 1. The molecule has 2 N–H and O–H groups in total. The summed E-state index contributed by atoms with van der Waals surface area (Å²) in [4.78, 5) is 32.2. The van der Waals surface area contributed by atoms with Gasteiger partial charge in [0, 0.05) is 12.8 Å². The number of thioether (sulfide) groups is 2. The van der Waals surface area contributed by atoms with Gasteiger partial charge in [0.25, 0.3) is 5.56 Å². The van der Waals surface area contributed by atoms with Crippen molar-refractivity contribution < 1.29 is 13.6 Å². The van der Waals surface area contributed by atoms with Gasteiger partial charge in [0.2, 0.25) is 17.0 Å². The van der Waals surface area contributed by atoms with Gasteiger partial charge in [0.05, 0.1) is 17.5 Å². The molecule has 0 saturated heterocycles. The molecule has 14 heteroatoms. The molecule has 9 nitrogen and oxygen atoms in total. The third-order valence-corrected chi connectivity index (χ3v) is 7.87. The number of anilines is 1. The number of hydrogen-bond acceptors (Lipinski definition) is 9. The molecule has 3 aromatic rings. The molecule has 32 heavy (non-hydrogen) atoms. The number of fused-ring (bicyclic) bond motifs is 1. The monoisotopic (exact) mass is 501 g/mol. The fourth-order valence-corrected chi connectivity index (χ4v) is 5.82. The van der Waals surface area contributed by atoms with Gasteiger partial charge in [0.15, 0.2) is 15.1 Å². The van der Waals surface area contributed by atoms with E-state index in [1.807, 2.05) is 6.92 Å². The van der Waals surface area contributed by atoms with Gasteiger partial charge >= 0.3 is 0 Å². The molecule has 0 aromatic carbocycles. The van der Waals surface area contributed by atoms with Crippen LogP contribution in [-0.2, 0) is 4.79 Å². The number of halogens is 2. The minimum atomic E-state index is -2.66. The number of amides is 1. The second kappa shape index (κ2) is 9.43. The Kier molecular flexibility index (Phi) is 6.81. The number of rotatable bonds is 7. The van der Waals surface area contributed by atoms with Crippen molar-refractivity contribution in [2.45, 2.75) is 66.2 Å². The minimum Gasteiger partial charge on any atom is -0.301 e. The van der Waals surface area contributed by atoms with Gasteiger partial charge in [0.1, 0.15) is 5.39 Å². The summed E-state index contributed by atoms with van der Waals surface area (Å²) in [5.74, 6) is -2.10. The van der Waals surface area contributed by atoms with Crippen LogP contribution in [0.2, 0.25) is 0 Å². The third kappa shape index (κ3) is 5.12. The molecular weight excluding hydrogens is 480 g/mol. The second-order valence-corrected chi connectivity index (χ2v) is 11.2. The molecule has 1 aliphatic carbocycles. The molecule has 0 radical (unpaired) electrons. The molecule has 1 atom stereocenters. The smallest absolute Gasteiger partial charge is 0.262 e. The Hall–Kier alpha value is -2.06. The van der Waals surface area contributed by atoms with Crippen LogP contribution in [0.5, 0.6) is 0 Å². The van der Waals surface area contributed by atoms with Crippen LogP contribution in [0.15, 0.2) is 20.5 Å². The van der Waals surface area contributed by atoms with E-state index >= 15 is 0 Å². The van der Waals surface area contributed by atoms with Gasteiger partial charge < -0.3 is 4.98 Å². The lowest BCUT2D eigenvalue weighted by Crippen LogP contribution is -2.27. The van der Waals surface area contributed by atoms with Crippen LogP contribution in [0.1, 0.15) is 45.6 Å². The summed E-state index contributed by atoms with van der Waals surface area (Å²) in [6, 6.07) is -0.243. The summed E-state index contributed by atoms with van der Waals surface area (Å²) >= 11 is 3.92. The zero-order chi connectivity index (χ0) is 22.9. The highest BCUT2D eigenvalue weighted by Crippen LogP contribution is 2.39. The number of alkyl halides is 2. The van der Waals surface area contributed by atoms with Crippen molar-refractivity contribution in [3.8, 4) is 0 Å². The van der Waals surface area contributed by atoms with E-state index in [2.05, 4.69) is 30.6 Å². The lowest BCUT2D eigenvalue weighted by molar-refractivity contribution is -0.115. The first-order chi connectivity index (χ1) is 15.3. The average molecular weight is 502 g/mol. The maximum absolute atomic E-state index is 13.5. The molecule has 4 rings (SSSR count). The minimum absolute atomic E-state index is 0.217. The fourth-order valence-electron chi connectivity index (χ4n) is 3.38. The highest BCUT2D eigenvalue weighted by Gasteiger charge is 2.36. The highest BCUT2D eigenvalue weighted by molar-refractivity contribution is 8.01. The van der Waals surface area contributed by atoms with E-state index in [0.29, 0.717) is 16.2 Å². The summed E-state index contributed by atoms with van der Waals surface area (Å²) in [5.41, 5.74) is -0.0488. The van der Waals surface area contributed by atoms with Crippen LogP contribution < -0.4 is 10.9 Å². The van der Waals surface area contributed by atoms with E-state index in [0.717, 1.165) is 21.9 Å². The van der Waals surface area contributed by atoms with Crippen LogP contribution in [0.25, 0.3) is 11.0 Å². The summed E-state index contributed by atoms with van der Waals surface area (Å²) in [6.45, 7) is 3.69. The Morgan fingerprint density at radius 1 is 1.41 bits per heavy atom. The Morgan fingerprint density at radius 2 is 2.16 bits per heavy atom. The number of aromatic nitrogens is 6. The average Bonchev–Trinajstić information content (AvgIpc) is 3.35. The van der Waals surface area contributed by atoms with E-state index in [-0.39, 0.29) is 48.3 Å². The highest BCUT2D eigenvalue weighted by atomic mass is 32.2. The van der Waals surface area contributed by atoms with Crippen LogP contribution in [0.3, 0.4) is 0 Å². The number of hydrogen-bond donors (Lipinski definition) is 2. The Labute approximate surface area is 194 Å². The van der Waals surface area contributed by atoms with E-state index < -0.39 is 11.2 Å². The Balaban J connectivity index is 1.49. The van der Waals surface area contributed by atoms with Gasteiger partial charge in [-0.25, -0.2) is 18.4 Å². The van der Waals surface area contributed by atoms with Crippen LogP contribution in [-0.4, -0.2) is 52.8 Å². The quantitative estimate of drug-likeness (QED) is 0.284. The number of nitrogens with zero attached hydrogens (tertiary/aromatic N) is 5. The number of nitrogens with one attached hydrogen (secondary N) is 2. The standard InChI is InChI=1S/C18H21F2N7O2S3/c1-3-30-17-26-25-16(32-17)23-13(28)9(2)31-15-22-12-11(14(29)24-15)8-21-27(12)10-4-6-18(19,20)7-5-10/h8-10H,3-7H2,1-2H3,(H,22,24,29)(H,23,25,28). The largest absolute Gasteiger partial charge is 0.301 e. The summed E-state index contributed by atoms with van der Waals surface area (Å²) < 4.78 is 29.4. The number of aromatic amines is 1. The first kappa shape index (κ1) is 23.1. The predicted molar refractivity (Wildman–Crippen MR) is 121 cm³/mol. The van der Waals surface area contributed by atoms with Gasteiger partial charge in [-0.3, -0.25) is 14.9 Å². The van der Waals surface area contributed by atoms with Crippen molar-refractivity contribution in [2.75, 3.05) is 11.1 Å². The van der Waals surface area contributed by atoms with Crippen LogP contribution in [0.4, 0.5) is 13.9 Å². The number of H-pyrrole nitrogens is 1. The van der Waals surface area contributed by atoms with E-state index in [9.17, 15) is 18.4 Å². The molecule has 1 unspecified atom stereocenters. The predicted octanol–water partition coefficient (Wildman–Crippen LogP) is 3.95. The molecular formula is C18H21F2N7O2S3. The fraction of sp³-hybridized carbons (Fsp3) is 0.556. The molecule has 1 amide bonds. The van der Waals surface area contributed by atoms with Gasteiger partial charge in [-0.05, 0) is 25.5 Å². The van der Waals surface area contributed by atoms with Crippen molar-refractivity contribution in [1.82, 2.24) is 29.9 Å². The van der Waals surface area contributed by atoms with Crippen molar-refractivity contribution in [1.29, 1.82) is 0 Å². The first-order valence-corrected chi connectivity index (χ1v) is 12.7. The zero-order valence-electron chi connectivity index (χ0n) is 17.3. The SMILES string of the molecule is CCSc1nnc(NC(=O)C(C)Sc2nc3c(cnn3C3CCC(F)(F)CC3)c(=O)[nH]2)s1. The zero-order valence-corrected chi connectivity index (χ0v) is 19.8. The summed E-state index contributed by atoms with van der Waals surface area (Å²) in [5, 5.41) is 15.3. The molecule has 0 aliphatic heterocycles. The summed E-state index contributed by atoms with van der Waals surface area (Å²) in [7, 11) is 0. The number of carbonyl (C=O) groups is 1. The third-order valence-electron chi connectivity index (χ3n) is 5.04. The van der Waals surface area contributed by atoms with Gasteiger partial charge in [-0.15, -0.1) is 10.2 Å². The normalized spacial score (nSPS) is 17.5. The first-order valence-electron chi connectivity index (χ1n) is 10.0. The van der Waals surface area contributed by atoms with Crippen LogP contribution in [0, 0.1) is 0 Å². The summed E-state index contributed by atoms with van der Waals surface area (Å²) in [6.07, 6.45) is 1.50. The maximum atomic E-state index is 13.5. The molecule has 1 saturated carbocycles. The second-order valence-electron chi connectivity index (χ2n) is 7.34. The molecule has 3 aromatic heterocycles. The Bertz CT molecular complexity index is 1170. The van der Waals surface area contributed by atoms with Gasteiger partial charge in [-0.1, -0.05) is 41.8 Å². The van der Waals surface area contributed by atoms with E-state index in [1.165, 1.54) is 29.3 Å². The molecule has 3 heterocycles. The van der Waals surface area contributed by atoms with Gasteiger partial charge in [-0.2, -0.15) is 5.10 Å². The lowest BCUT2D eigenvalue weighted by Gasteiger charge is -2.28. The molecule has 172 valence electrons. The molecule has 1 fully saturated rings. The molecule has 0 spiro atoms. The molecule has 1 aliphatic rings. The van der Waals surface area contributed by atoms with Crippen molar-refractivity contribution >= 4 is 56.9 Å². The maximum Gasteiger partial charge on any atom is 0.262 e. The topological polar surface area (TPSA) is 118 Å². The van der Waals surface area contributed by atoms with Crippen molar-refractivity contribution in [3.63, 3.8) is 0 Å². The van der Waals surface area contributed by atoms with E-state index in [1.54, 1.807) is 11.6 Å². The van der Waals surface area contributed by atoms with E-state index in [4.69, 9.17) is 0 Å². The van der Waals surface area contributed by atoms with Crippen molar-refractivity contribution in [2.24, 2.45) is 0 Å². The van der Waals surface area contributed by atoms with Crippen LogP contribution >= 0.6 is 34.9 Å². The lowest BCUT2D eigenvalue weighted by atomic mass is 9.92. The van der Waals surface area contributed by atoms with Crippen molar-refractivity contribution in [3.05, 3.63) is 16.6 Å². The Morgan fingerprint density at radius 3 is 2.88 bits per heavy atom. The molecule has 0 bridgehead atoms.